The summed E-state index contributed by atoms with van der Waals surface area (Å²) in [5.74, 6) is 0.253. The first kappa shape index (κ1) is 13.9. The summed E-state index contributed by atoms with van der Waals surface area (Å²) < 4.78 is 15.2. The minimum atomic E-state index is -0.843. The van der Waals surface area contributed by atoms with E-state index in [4.69, 9.17) is 5.73 Å². The highest BCUT2D eigenvalue weighted by atomic mass is 127. The second-order valence-electron chi connectivity index (χ2n) is 4.49. The van der Waals surface area contributed by atoms with Crippen LogP contribution >= 0.6 is 22.6 Å². The zero-order valence-corrected chi connectivity index (χ0v) is 11.9. The van der Waals surface area contributed by atoms with Crippen LogP contribution in [-0.2, 0) is 6.42 Å². The largest absolute Gasteiger partial charge is 0.330 e. The fraction of sp³-hybridized carbons (Fsp3) is 0.538. The van der Waals surface area contributed by atoms with Crippen molar-refractivity contribution in [2.75, 3.05) is 6.54 Å². The number of nitrogens with two attached hydrogens (primary N) is 1. The van der Waals surface area contributed by atoms with Crippen molar-refractivity contribution in [3.63, 3.8) is 0 Å². The maximum Gasteiger partial charge on any atom is 0.108 e. The van der Waals surface area contributed by atoms with Crippen LogP contribution in [0.15, 0.2) is 24.3 Å². The highest BCUT2D eigenvalue weighted by Gasteiger charge is 2.22. The van der Waals surface area contributed by atoms with E-state index in [1.54, 1.807) is 0 Å². The molecule has 2 atom stereocenters. The quantitative estimate of drug-likeness (QED) is 0.820. The Hall–Kier alpha value is -0.160. The Balaban J connectivity index is 2.62. The van der Waals surface area contributed by atoms with Gasteiger partial charge in [0.2, 0.25) is 0 Å². The van der Waals surface area contributed by atoms with Crippen LogP contribution in [-0.4, -0.2) is 12.7 Å². The summed E-state index contributed by atoms with van der Waals surface area (Å²) in [6.45, 7) is 4.47. The van der Waals surface area contributed by atoms with E-state index >= 15 is 0 Å². The van der Waals surface area contributed by atoms with Crippen molar-refractivity contribution in [1.29, 1.82) is 0 Å². The van der Waals surface area contributed by atoms with Crippen LogP contribution in [0.3, 0.4) is 0 Å². The molecule has 2 unspecified atom stereocenters. The van der Waals surface area contributed by atoms with Gasteiger partial charge in [0.25, 0.3) is 0 Å². The van der Waals surface area contributed by atoms with Crippen LogP contribution in [0.5, 0.6) is 0 Å². The number of hydrogen-bond acceptors (Lipinski definition) is 1. The Morgan fingerprint density at radius 3 is 2.25 bits per heavy atom. The van der Waals surface area contributed by atoms with E-state index in [-0.39, 0.29) is 5.92 Å². The molecule has 1 aromatic carbocycles. The normalized spacial score (nSPS) is 15.1. The molecule has 1 nitrogen and oxygen atoms in total. The van der Waals surface area contributed by atoms with Crippen LogP contribution in [0.25, 0.3) is 0 Å². The van der Waals surface area contributed by atoms with E-state index in [9.17, 15) is 4.39 Å². The van der Waals surface area contributed by atoms with Gasteiger partial charge < -0.3 is 5.73 Å². The van der Waals surface area contributed by atoms with Gasteiger partial charge in [0.05, 0.1) is 0 Å². The Morgan fingerprint density at radius 2 is 1.81 bits per heavy atom. The molecule has 1 rings (SSSR count). The lowest BCUT2D eigenvalue weighted by atomic mass is 9.88. The predicted octanol–water partition coefficient (Wildman–Crippen LogP) is 3.40. The van der Waals surface area contributed by atoms with Gasteiger partial charge in [0.1, 0.15) is 6.17 Å². The van der Waals surface area contributed by atoms with Crippen molar-refractivity contribution in [1.82, 2.24) is 0 Å². The summed E-state index contributed by atoms with van der Waals surface area (Å²) in [5.41, 5.74) is 6.66. The van der Waals surface area contributed by atoms with Gasteiger partial charge in [-0.3, -0.25) is 0 Å². The molecular weight excluding hydrogens is 316 g/mol. The first-order valence-corrected chi connectivity index (χ1v) is 6.71. The molecule has 0 spiro atoms. The van der Waals surface area contributed by atoms with Gasteiger partial charge in [-0.25, -0.2) is 4.39 Å². The highest BCUT2D eigenvalue weighted by Crippen LogP contribution is 2.21. The third-order valence-electron chi connectivity index (χ3n) is 2.94. The van der Waals surface area contributed by atoms with E-state index in [0.29, 0.717) is 18.9 Å². The van der Waals surface area contributed by atoms with Gasteiger partial charge in [0, 0.05) is 15.9 Å². The molecule has 1 aromatic rings. The molecule has 0 aliphatic carbocycles. The van der Waals surface area contributed by atoms with Crippen molar-refractivity contribution in [3.8, 4) is 0 Å². The van der Waals surface area contributed by atoms with Gasteiger partial charge >= 0.3 is 0 Å². The molecule has 0 bridgehead atoms. The van der Waals surface area contributed by atoms with Crippen LogP contribution in [0.4, 0.5) is 4.39 Å². The Labute approximate surface area is 111 Å². The van der Waals surface area contributed by atoms with E-state index in [1.165, 1.54) is 3.57 Å². The second kappa shape index (κ2) is 6.55. The van der Waals surface area contributed by atoms with Gasteiger partial charge in [0.15, 0.2) is 0 Å². The molecule has 0 amide bonds. The summed E-state index contributed by atoms with van der Waals surface area (Å²) in [4.78, 5) is 0. The van der Waals surface area contributed by atoms with E-state index in [2.05, 4.69) is 22.6 Å². The molecule has 0 aromatic heterocycles. The molecule has 0 aliphatic rings. The molecule has 16 heavy (non-hydrogen) atoms. The summed E-state index contributed by atoms with van der Waals surface area (Å²) in [6.07, 6.45) is -0.373. The highest BCUT2D eigenvalue weighted by molar-refractivity contribution is 14.1. The number of halogens is 2. The molecule has 0 saturated carbocycles. The molecule has 0 saturated heterocycles. The maximum atomic E-state index is 14.0. The number of benzene rings is 1. The lowest BCUT2D eigenvalue weighted by Gasteiger charge is -2.23. The summed E-state index contributed by atoms with van der Waals surface area (Å²) in [7, 11) is 0. The summed E-state index contributed by atoms with van der Waals surface area (Å²) in [6, 6.07) is 8.00. The zero-order chi connectivity index (χ0) is 12.1. The molecule has 0 radical (unpaired) electrons. The summed E-state index contributed by atoms with van der Waals surface area (Å²) in [5, 5.41) is 0. The maximum absolute atomic E-state index is 14.0. The minimum Gasteiger partial charge on any atom is -0.330 e. The Morgan fingerprint density at radius 1 is 1.25 bits per heavy atom. The Kier molecular flexibility index (Phi) is 5.69. The lowest BCUT2D eigenvalue weighted by molar-refractivity contribution is 0.185. The van der Waals surface area contributed by atoms with Crippen LogP contribution < -0.4 is 5.73 Å². The number of hydrogen-bond donors (Lipinski definition) is 1. The zero-order valence-electron chi connectivity index (χ0n) is 9.79. The van der Waals surface area contributed by atoms with Gasteiger partial charge in [-0.05, 0) is 52.7 Å². The van der Waals surface area contributed by atoms with Crippen LogP contribution in [0, 0.1) is 15.4 Å². The third-order valence-corrected chi connectivity index (χ3v) is 3.66. The lowest BCUT2D eigenvalue weighted by Crippen LogP contribution is -2.30. The molecular formula is C13H19FIN. The van der Waals surface area contributed by atoms with Gasteiger partial charge in [-0.2, -0.15) is 0 Å². The standard InChI is InChI=1S/C13H19FIN/c1-9(2)12(8-16)13(14)7-10-3-5-11(15)6-4-10/h3-6,9,12-13H,7-8,16H2,1-2H3. The Bertz CT molecular complexity index is 310. The second-order valence-corrected chi connectivity index (χ2v) is 5.74. The molecule has 0 fully saturated rings. The van der Waals surface area contributed by atoms with Crippen molar-refractivity contribution in [3.05, 3.63) is 33.4 Å². The third kappa shape index (κ3) is 4.01. The average Bonchev–Trinajstić information content (AvgIpc) is 2.22. The number of rotatable bonds is 5. The topological polar surface area (TPSA) is 26.0 Å². The minimum absolute atomic E-state index is 0.0423. The van der Waals surface area contributed by atoms with Crippen LogP contribution in [0.1, 0.15) is 19.4 Å². The van der Waals surface area contributed by atoms with Crippen molar-refractivity contribution >= 4 is 22.6 Å². The number of alkyl halides is 1. The van der Waals surface area contributed by atoms with E-state index in [1.807, 2.05) is 38.1 Å². The smallest absolute Gasteiger partial charge is 0.108 e. The molecule has 3 heteroatoms. The predicted molar refractivity (Wildman–Crippen MR) is 75.1 cm³/mol. The molecule has 0 heterocycles. The van der Waals surface area contributed by atoms with E-state index in [0.717, 1.165) is 5.56 Å². The summed E-state index contributed by atoms with van der Waals surface area (Å²) >= 11 is 2.25. The first-order chi connectivity index (χ1) is 7.54. The van der Waals surface area contributed by atoms with Crippen LogP contribution in [0.2, 0.25) is 0 Å². The van der Waals surface area contributed by atoms with Crippen molar-refractivity contribution in [2.24, 2.45) is 17.6 Å². The fourth-order valence-corrected chi connectivity index (χ4v) is 2.19. The molecule has 2 N–H and O–H groups in total. The monoisotopic (exact) mass is 335 g/mol. The van der Waals surface area contributed by atoms with Crippen molar-refractivity contribution < 1.29 is 4.39 Å². The van der Waals surface area contributed by atoms with Crippen molar-refractivity contribution in [2.45, 2.75) is 26.4 Å². The van der Waals surface area contributed by atoms with E-state index < -0.39 is 6.17 Å². The molecule has 90 valence electrons. The van der Waals surface area contributed by atoms with Gasteiger partial charge in [-0.15, -0.1) is 0 Å². The molecule has 0 aliphatic heterocycles. The average molecular weight is 335 g/mol. The first-order valence-electron chi connectivity index (χ1n) is 5.63. The fourth-order valence-electron chi connectivity index (χ4n) is 1.83. The SMILES string of the molecule is CC(C)C(CN)C(F)Cc1ccc(I)cc1. The van der Waals surface area contributed by atoms with Gasteiger partial charge in [-0.1, -0.05) is 26.0 Å².